The van der Waals surface area contributed by atoms with Gasteiger partial charge < -0.3 is 38.3 Å². The third-order valence-electron chi connectivity index (χ3n) is 12.3. The Morgan fingerprint density at radius 2 is 1.38 bits per heavy atom. The summed E-state index contributed by atoms with van der Waals surface area (Å²) >= 11 is 0. The third kappa shape index (κ3) is 7.32. The lowest BCUT2D eigenvalue weighted by molar-refractivity contribution is -0.352. The highest BCUT2D eigenvalue weighted by atomic mass is 16.6. The molecule has 6 rings (SSSR count). The van der Waals surface area contributed by atoms with Crippen LogP contribution in [0, 0.1) is 16.7 Å². The summed E-state index contributed by atoms with van der Waals surface area (Å²) in [6.45, 7) is 10.8. The molecule has 14 nitrogen and oxygen atoms in total. The van der Waals surface area contributed by atoms with E-state index in [9.17, 15) is 33.9 Å². The van der Waals surface area contributed by atoms with Crippen molar-refractivity contribution in [1.29, 1.82) is 0 Å². The van der Waals surface area contributed by atoms with Crippen LogP contribution in [0.5, 0.6) is 0 Å². The number of carbonyl (C=O) groups is 6. The van der Waals surface area contributed by atoms with Crippen LogP contribution in [0.25, 0.3) is 6.08 Å². The van der Waals surface area contributed by atoms with Crippen molar-refractivity contribution in [1.82, 2.24) is 0 Å². The van der Waals surface area contributed by atoms with Gasteiger partial charge in [0.15, 0.2) is 17.8 Å². The third-order valence-corrected chi connectivity index (χ3v) is 12.3. The summed E-state index contributed by atoms with van der Waals surface area (Å²) in [5, 5.41) is 12.7. The van der Waals surface area contributed by atoms with Crippen molar-refractivity contribution < 1.29 is 67.0 Å². The Balaban J connectivity index is 1.68. The van der Waals surface area contributed by atoms with Gasteiger partial charge in [-0.05, 0) is 55.7 Å². The first-order chi connectivity index (χ1) is 27.3. The summed E-state index contributed by atoms with van der Waals surface area (Å²) in [7, 11) is 0. The zero-order valence-electron chi connectivity index (χ0n) is 33.8. The molecule has 58 heavy (non-hydrogen) atoms. The zero-order chi connectivity index (χ0) is 42.4. The lowest BCUT2D eigenvalue weighted by Gasteiger charge is -2.65. The average Bonchev–Trinajstić information content (AvgIpc) is 3.40. The van der Waals surface area contributed by atoms with Crippen molar-refractivity contribution in [2.75, 3.05) is 6.61 Å². The Morgan fingerprint density at radius 3 is 1.91 bits per heavy atom. The number of hydrogen-bond acceptors (Lipinski definition) is 14. The summed E-state index contributed by atoms with van der Waals surface area (Å²) < 4.78 is 43.6. The van der Waals surface area contributed by atoms with Crippen LogP contribution in [0.4, 0.5) is 0 Å². The number of esters is 6. The minimum atomic E-state index is -1.93. The predicted octanol–water partition coefficient (Wildman–Crippen LogP) is 4.85. The monoisotopic (exact) mass is 802 g/mol. The molecule has 4 aliphatic rings. The van der Waals surface area contributed by atoms with Gasteiger partial charge in [0, 0.05) is 46.6 Å². The van der Waals surface area contributed by atoms with E-state index in [1.807, 2.05) is 18.2 Å². The number of hydrogen-bond donors (Lipinski definition) is 1. The number of aliphatic hydroxyl groups is 1. The smallest absolute Gasteiger partial charge is 0.338 e. The molecular formula is C44H50O14. The molecule has 1 aliphatic heterocycles. The summed E-state index contributed by atoms with van der Waals surface area (Å²) in [5.74, 6) is -5.91. The molecule has 1 heterocycles. The minimum Gasteiger partial charge on any atom is -0.462 e. The minimum absolute atomic E-state index is 0.0642. The molecular weight excluding hydrogens is 752 g/mol. The first kappa shape index (κ1) is 42.3. The number of carbonyl (C=O) groups excluding carboxylic acids is 6. The highest BCUT2D eigenvalue weighted by molar-refractivity contribution is 5.90. The summed E-state index contributed by atoms with van der Waals surface area (Å²) in [5.41, 5.74) is -5.78. The number of benzene rings is 2. The maximum atomic E-state index is 14.3. The van der Waals surface area contributed by atoms with E-state index in [-0.39, 0.29) is 30.6 Å². The van der Waals surface area contributed by atoms with E-state index in [0.717, 1.165) is 12.5 Å². The van der Waals surface area contributed by atoms with Crippen molar-refractivity contribution >= 4 is 41.9 Å². The SMILES string of the molecule is CC(=O)O[C@@H]1[C@H]2[C@]3(OC(C)=O)CO[C@H]3C[C@@H](OC(C)=O)[C@]2(C)[C@@H](OC(C)=O)[C@H](OC(=O)c2ccccc2)C2=C(C)[C@@H](OC(=O)C=Cc3ccccc3)C[C@]21C(C)(C)O. The molecule has 1 saturated heterocycles. The molecule has 0 radical (unpaired) electrons. The van der Waals surface area contributed by atoms with Gasteiger partial charge in [-0.3, -0.25) is 19.2 Å². The van der Waals surface area contributed by atoms with Crippen LogP contribution in [0.1, 0.15) is 84.2 Å². The average molecular weight is 803 g/mol. The molecule has 0 amide bonds. The molecule has 3 fully saturated rings. The van der Waals surface area contributed by atoms with Crippen molar-refractivity contribution in [3.05, 3.63) is 89.0 Å². The lowest BCUT2D eigenvalue weighted by Crippen LogP contribution is -2.79. The summed E-state index contributed by atoms with van der Waals surface area (Å²) in [6, 6.07) is 17.1. The van der Waals surface area contributed by atoms with E-state index in [2.05, 4.69) is 0 Å². The highest BCUT2D eigenvalue weighted by Crippen LogP contribution is 2.69. The van der Waals surface area contributed by atoms with Crippen LogP contribution in [-0.4, -0.2) is 95.4 Å². The quantitative estimate of drug-likeness (QED) is 0.149. The second kappa shape index (κ2) is 15.8. The van der Waals surface area contributed by atoms with Gasteiger partial charge in [0.1, 0.15) is 24.4 Å². The molecule has 0 unspecified atom stereocenters. The van der Waals surface area contributed by atoms with E-state index in [1.54, 1.807) is 50.3 Å². The van der Waals surface area contributed by atoms with E-state index in [1.165, 1.54) is 52.8 Å². The molecule has 0 spiro atoms. The van der Waals surface area contributed by atoms with Crippen LogP contribution in [0.2, 0.25) is 0 Å². The number of fused-ring (bicyclic) bond motifs is 4. The zero-order valence-corrected chi connectivity index (χ0v) is 33.8. The second-order valence-corrected chi connectivity index (χ2v) is 16.3. The maximum Gasteiger partial charge on any atom is 0.338 e. The molecule has 0 aromatic heterocycles. The molecule has 0 bridgehead atoms. The number of rotatable bonds is 10. The van der Waals surface area contributed by atoms with Gasteiger partial charge in [0.2, 0.25) is 0 Å². The van der Waals surface area contributed by atoms with E-state index in [0.29, 0.717) is 5.57 Å². The second-order valence-electron chi connectivity index (χ2n) is 16.3. The van der Waals surface area contributed by atoms with Crippen LogP contribution in [0.3, 0.4) is 0 Å². The van der Waals surface area contributed by atoms with Gasteiger partial charge in [-0.2, -0.15) is 0 Å². The number of ether oxygens (including phenoxy) is 7. The summed E-state index contributed by atoms with van der Waals surface area (Å²) in [4.78, 5) is 80.9. The maximum absolute atomic E-state index is 14.3. The molecule has 2 aromatic carbocycles. The first-order valence-electron chi connectivity index (χ1n) is 19.2. The first-order valence-corrected chi connectivity index (χ1v) is 19.2. The molecule has 10 atom stereocenters. The molecule has 2 aromatic rings. The molecule has 310 valence electrons. The predicted molar refractivity (Wildman–Crippen MR) is 204 cm³/mol. The van der Waals surface area contributed by atoms with Crippen LogP contribution in [-0.2, 0) is 57.1 Å². The molecule has 3 aliphatic carbocycles. The Labute approximate surface area is 336 Å². The van der Waals surface area contributed by atoms with Gasteiger partial charge in [-0.25, -0.2) is 9.59 Å². The topological polar surface area (TPSA) is 187 Å². The van der Waals surface area contributed by atoms with Crippen molar-refractivity contribution in [2.45, 2.75) is 116 Å². The van der Waals surface area contributed by atoms with Gasteiger partial charge >= 0.3 is 35.8 Å². The Kier molecular flexibility index (Phi) is 11.5. The Hall–Kier alpha value is -5.34. The standard InChI is InChI=1S/C44H50O14/c1-24-31(56-34(49)20-19-29-15-11-9-12-16-29)22-43(41(6,7)51)35(24)36(57-40(50)30-17-13-10-14-18-30)38(54-26(3)46)42(8)32(53-25(2)45)21-33-44(23-52-33,58-28(5)48)37(42)39(43)55-27(4)47/h9-20,31-33,36-39,51H,21-23H2,1-8H3/t31-,32+,33-,36+,37+,38-,39+,42-,43-,44-/m0/s1. The largest absolute Gasteiger partial charge is 0.462 e. The molecule has 14 heteroatoms. The van der Waals surface area contributed by atoms with E-state index < -0.39 is 100 Å². The van der Waals surface area contributed by atoms with Gasteiger partial charge in [0.25, 0.3) is 0 Å². The van der Waals surface area contributed by atoms with Crippen molar-refractivity contribution in [3.8, 4) is 0 Å². The van der Waals surface area contributed by atoms with Crippen LogP contribution in [0.15, 0.2) is 77.9 Å². The van der Waals surface area contributed by atoms with Gasteiger partial charge in [0.05, 0.1) is 34.5 Å². The fourth-order valence-corrected chi connectivity index (χ4v) is 9.99. The Bertz CT molecular complexity index is 2020. The van der Waals surface area contributed by atoms with Crippen molar-refractivity contribution in [3.63, 3.8) is 0 Å². The summed E-state index contributed by atoms with van der Waals surface area (Å²) in [6.07, 6.45) is -5.41. The van der Waals surface area contributed by atoms with E-state index in [4.69, 9.17) is 33.2 Å². The fraction of sp³-hybridized carbons (Fsp3) is 0.500. The fourth-order valence-electron chi connectivity index (χ4n) is 9.99. The van der Waals surface area contributed by atoms with Gasteiger partial charge in [-0.1, -0.05) is 55.5 Å². The highest BCUT2D eigenvalue weighted by Gasteiger charge is 2.81. The Morgan fingerprint density at radius 1 is 0.793 bits per heavy atom. The molecule has 1 N–H and O–H groups in total. The van der Waals surface area contributed by atoms with Gasteiger partial charge in [-0.15, -0.1) is 0 Å². The normalized spacial score (nSPS) is 32.6. The van der Waals surface area contributed by atoms with E-state index >= 15 is 0 Å². The van der Waals surface area contributed by atoms with Crippen molar-refractivity contribution in [2.24, 2.45) is 16.7 Å². The lowest BCUT2D eigenvalue weighted by atomic mass is 9.49. The molecule has 2 saturated carbocycles. The van der Waals surface area contributed by atoms with Crippen LogP contribution < -0.4 is 0 Å². The van der Waals surface area contributed by atoms with Crippen LogP contribution >= 0.6 is 0 Å².